The van der Waals surface area contributed by atoms with Gasteiger partial charge in [0.2, 0.25) is 5.13 Å². The highest BCUT2D eigenvalue weighted by Crippen LogP contribution is 2.42. The zero-order chi connectivity index (χ0) is 18.0. The van der Waals surface area contributed by atoms with Crippen LogP contribution in [-0.2, 0) is 0 Å². The van der Waals surface area contributed by atoms with Crippen molar-refractivity contribution in [3.05, 3.63) is 64.8 Å². The Bertz CT molecular complexity index is 1200. The number of aromatic nitrogens is 3. The molecule has 0 unspecified atom stereocenters. The van der Waals surface area contributed by atoms with Gasteiger partial charge in [0.1, 0.15) is 0 Å². The van der Waals surface area contributed by atoms with E-state index in [1.54, 1.807) is 11.3 Å². The van der Waals surface area contributed by atoms with Crippen LogP contribution >= 0.6 is 11.3 Å². The lowest BCUT2D eigenvalue weighted by Crippen LogP contribution is -2.03. The molecule has 2 aromatic heterocycles. The quantitative estimate of drug-likeness (QED) is 0.439. The fraction of sp³-hybridized carbons (Fsp3) is 0.190. The highest BCUT2D eigenvalue weighted by atomic mass is 32.1. The maximum atomic E-state index is 13.0. The fourth-order valence-corrected chi connectivity index (χ4v) is 4.61. The number of hydrogen-bond acceptors (Lipinski definition) is 4. The number of hydrogen-bond donors (Lipinski definition) is 0. The molecule has 0 bridgehead atoms. The van der Waals surface area contributed by atoms with Crippen molar-refractivity contribution in [1.82, 2.24) is 14.8 Å². The van der Waals surface area contributed by atoms with Crippen LogP contribution in [0.25, 0.3) is 26.6 Å². The zero-order valence-corrected chi connectivity index (χ0v) is 15.6. The average Bonchev–Trinajstić information content (AvgIpc) is 3.28. The molecule has 0 spiro atoms. The fourth-order valence-electron chi connectivity index (χ4n) is 3.58. The predicted octanol–water partition coefficient (Wildman–Crippen LogP) is 5.13. The molecule has 0 saturated heterocycles. The zero-order valence-electron chi connectivity index (χ0n) is 14.8. The molecule has 26 heavy (non-hydrogen) atoms. The third kappa shape index (κ3) is 2.04. The van der Waals surface area contributed by atoms with Crippen molar-refractivity contribution in [3.8, 4) is 16.4 Å². The van der Waals surface area contributed by atoms with Crippen molar-refractivity contribution in [2.75, 3.05) is 0 Å². The molecular weight excluding hydrogens is 342 g/mol. The SMILES string of the molecule is Cc1ccc2nc(-n3nc(C(C)C)c4c3-c3ccccc3C4=O)sc2c1. The number of ketones is 1. The first-order chi connectivity index (χ1) is 12.5. The molecule has 0 N–H and O–H groups in total. The van der Waals surface area contributed by atoms with Gasteiger partial charge < -0.3 is 0 Å². The van der Waals surface area contributed by atoms with Gasteiger partial charge in [-0.25, -0.2) is 9.67 Å². The summed E-state index contributed by atoms with van der Waals surface area (Å²) in [6.45, 7) is 6.23. The molecule has 0 fully saturated rings. The minimum Gasteiger partial charge on any atom is -0.288 e. The van der Waals surface area contributed by atoms with Crippen molar-refractivity contribution in [1.29, 1.82) is 0 Å². The maximum Gasteiger partial charge on any atom is 0.212 e. The van der Waals surface area contributed by atoms with Crippen LogP contribution < -0.4 is 0 Å². The van der Waals surface area contributed by atoms with E-state index < -0.39 is 0 Å². The highest BCUT2D eigenvalue weighted by molar-refractivity contribution is 7.20. The number of aryl methyl sites for hydroxylation is 1. The summed E-state index contributed by atoms with van der Waals surface area (Å²) >= 11 is 1.61. The smallest absolute Gasteiger partial charge is 0.212 e. The monoisotopic (exact) mass is 359 g/mol. The minimum atomic E-state index is 0.0718. The van der Waals surface area contributed by atoms with Gasteiger partial charge in [-0.05, 0) is 30.5 Å². The van der Waals surface area contributed by atoms with Crippen molar-refractivity contribution < 1.29 is 4.79 Å². The number of nitrogens with zero attached hydrogens (tertiary/aromatic N) is 3. The standard InChI is InChI=1S/C21H17N3OS/c1-11(2)18-17-19(13-6-4-5-7-14(13)20(17)25)24(23-18)21-22-15-9-8-12(3)10-16(15)26-21/h4-11H,1-3H3. The van der Waals surface area contributed by atoms with Gasteiger partial charge >= 0.3 is 0 Å². The Morgan fingerprint density at radius 2 is 1.85 bits per heavy atom. The van der Waals surface area contributed by atoms with E-state index >= 15 is 0 Å². The Hall–Kier alpha value is -2.79. The molecule has 128 valence electrons. The normalized spacial score (nSPS) is 12.8. The molecule has 2 heterocycles. The molecule has 0 atom stereocenters. The number of thiazole rings is 1. The minimum absolute atomic E-state index is 0.0718. The number of benzene rings is 2. The molecule has 0 amide bonds. The van der Waals surface area contributed by atoms with Gasteiger partial charge in [-0.15, -0.1) is 0 Å². The lowest BCUT2D eigenvalue weighted by molar-refractivity contribution is 0.104. The van der Waals surface area contributed by atoms with E-state index in [-0.39, 0.29) is 11.7 Å². The summed E-state index contributed by atoms with van der Waals surface area (Å²) < 4.78 is 3.00. The van der Waals surface area contributed by atoms with E-state index in [1.807, 2.05) is 35.0 Å². The van der Waals surface area contributed by atoms with Gasteiger partial charge in [0.25, 0.3) is 0 Å². The van der Waals surface area contributed by atoms with E-state index in [2.05, 4.69) is 32.9 Å². The average molecular weight is 359 g/mol. The van der Waals surface area contributed by atoms with E-state index in [0.29, 0.717) is 0 Å². The van der Waals surface area contributed by atoms with Crippen LogP contribution in [-0.4, -0.2) is 20.5 Å². The summed E-state index contributed by atoms with van der Waals surface area (Å²) in [4.78, 5) is 17.8. The molecule has 4 nitrogen and oxygen atoms in total. The molecule has 0 aliphatic heterocycles. The van der Waals surface area contributed by atoms with Crippen LogP contribution in [0.1, 0.15) is 46.9 Å². The highest BCUT2D eigenvalue weighted by Gasteiger charge is 2.36. The van der Waals surface area contributed by atoms with Crippen LogP contribution in [0.15, 0.2) is 42.5 Å². The Labute approximate surface area is 155 Å². The van der Waals surface area contributed by atoms with E-state index in [0.717, 1.165) is 43.4 Å². The number of carbonyl (C=O) groups is 1. The summed E-state index contributed by atoms with van der Waals surface area (Å²) in [5, 5.41) is 5.62. The predicted molar refractivity (Wildman–Crippen MR) is 104 cm³/mol. The van der Waals surface area contributed by atoms with Gasteiger partial charge in [0.15, 0.2) is 5.78 Å². The molecule has 5 heteroatoms. The van der Waals surface area contributed by atoms with E-state index in [1.165, 1.54) is 5.56 Å². The van der Waals surface area contributed by atoms with Crippen LogP contribution in [0.4, 0.5) is 0 Å². The third-order valence-electron chi connectivity index (χ3n) is 4.83. The van der Waals surface area contributed by atoms with Crippen LogP contribution in [0.2, 0.25) is 0 Å². The number of fused-ring (bicyclic) bond motifs is 4. The summed E-state index contributed by atoms with van der Waals surface area (Å²) in [6, 6.07) is 14.0. The molecule has 4 aromatic rings. The van der Waals surface area contributed by atoms with Gasteiger partial charge in [-0.1, -0.05) is 55.5 Å². The first-order valence-corrected chi connectivity index (χ1v) is 9.51. The first kappa shape index (κ1) is 15.5. The second-order valence-electron chi connectivity index (χ2n) is 7.02. The van der Waals surface area contributed by atoms with Crippen molar-refractivity contribution in [2.45, 2.75) is 26.7 Å². The van der Waals surface area contributed by atoms with Crippen molar-refractivity contribution in [3.63, 3.8) is 0 Å². The van der Waals surface area contributed by atoms with Crippen LogP contribution in [0.5, 0.6) is 0 Å². The summed E-state index contributed by atoms with van der Waals surface area (Å²) in [7, 11) is 0. The van der Waals surface area contributed by atoms with E-state index in [9.17, 15) is 4.79 Å². The molecule has 0 saturated carbocycles. The number of carbonyl (C=O) groups excluding carboxylic acids is 1. The number of rotatable bonds is 2. The first-order valence-electron chi connectivity index (χ1n) is 8.69. The largest absolute Gasteiger partial charge is 0.288 e. The molecule has 5 rings (SSSR count). The second kappa shape index (κ2) is 5.35. The second-order valence-corrected chi connectivity index (χ2v) is 8.03. The summed E-state index contributed by atoms with van der Waals surface area (Å²) in [5.41, 5.74) is 6.33. The Kier molecular flexibility index (Phi) is 3.18. The van der Waals surface area contributed by atoms with E-state index in [4.69, 9.17) is 10.1 Å². The van der Waals surface area contributed by atoms with Crippen LogP contribution in [0.3, 0.4) is 0 Å². The van der Waals surface area contributed by atoms with Gasteiger partial charge in [0, 0.05) is 11.1 Å². The lowest BCUT2D eigenvalue weighted by atomic mass is 10.0. The maximum absolute atomic E-state index is 13.0. The topological polar surface area (TPSA) is 47.8 Å². The van der Waals surface area contributed by atoms with Gasteiger partial charge in [0.05, 0.1) is 27.2 Å². The lowest BCUT2D eigenvalue weighted by Gasteiger charge is -2.04. The van der Waals surface area contributed by atoms with Crippen LogP contribution in [0, 0.1) is 6.92 Å². The summed E-state index contributed by atoms with van der Waals surface area (Å²) in [6.07, 6.45) is 0. The molecular formula is C21H17N3OS. The molecule has 0 radical (unpaired) electrons. The Morgan fingerprint density at radius 3 is 2.62 bits per heavy atom. The Balaban J connectivity index is 1.82. The molecule has 1 aliphatic carbocycles. The molecule has 2 aromatic carbocycles. The van der Waals surface area contributed by atoms with Gasteiger partial charge in [-0.3, -0.25) is 4.79 Å². The summed E-state index contributed by atoms with van der Waals surface area (Å²) in [5.74, 6) is 0.238. The van der Waals surface area contributed by atoms with Gasteiger partial charge in [-0.2, -0.15) is 5.10 Å². The Morgan fingerprint density at radius 1 is 1.08 bits per heavy atom. The van der Waals surface area contributed by atoms with Crippen molar-refractivity contribution >= 4 is 27.3 Å². The molecule has 1 aliphatic rings. The third-order valence-corrected chi connectivity index (χ3v) is 5.82. The van der Waals surface area contributed by atoms with Crippen molar-refractivity contribution in [2.24, 2.45) is 0 Å².